The van der Waals surface area contributed by atoms with Crippen LogP contribution in [0.5, 0.6) is 0 Å². The highest BCUT2D eigenvalue weighted by atomic mass is 32.2. The Morgan fingerprint density at radius 3 is 2.62 bits per heavy atom. The summed E-state index contributed by atoms with van der Waals surface area (Å²) in [4.78, 5) is 19.9. The van der Waals surface area contributed by atoms with Crippen molar-refractivity contribution >= 4 is 32.9 Å². The number of hydrogen-bond donors (Lipinski definition) is 2. The Morgan fingerprint density at radius 2 is 1.91 bits per heavy atom. The number of likely N-dealkylation sites (N-methyl/N-ethyl adjacent to an activating group) is 1. The van der Waals surface area contributed by atoms with Crippen LogP contribution in [-0.4, -0.2) is 55.0 Å². The Bertz CT molecular complexity index is 1200. The third-order valence-electron chi connectivity index (χ3n) is 5.24. The molecule has 0 fully saturated rings. The van der Waals surface area contributed by atoms with Gasteiger partial charge in [-0.25, -0.2) is 18.1 Å². The predicted molar refractivity (Wildman–Crippen MR) is 127 cm³/mol. The van der Waals surface area contributed by atoms with Gasteiger partial charge in [0.1, 0.15) is 0 Å². The number of benzene rings is 2. The van der Waals surface area contributed by atoms with Gasteiger partial charge in [-0.1, -0.05) is 38.1 Å². The molecule has 8 nitrogen and oxygen atoms in total. The SMILES string of the molecule is C=CCNS(=O)(=O)c1cccc(C(=O)Nc2nc3ccccc3n2CCN(CC)CC)c1. The van der Waals surface area contributed by atoms with E-state index in [-0.39, 0.29) is 17.0 Å². The number of para-hydroxylation sites is 2. The number of carbonyl (C=O) groups excluding carboxylic acids is 1. The van der Waals surface area contributed by atoms with Crippen LogP contribution in [0.4, 0.5) is 5.95 Å². The number of imidazole rings is 1. The molecule has 3 rings (SSSR count). The monoisotopic (exact) mass is 455 g/mol. The van der Waals surface area contributed by atoms with E-state index in [1.165, 1.54) is 18.2 Å². The molecule has 0 aliphatic rings. The lowest BCUT2D eigenvalue weighted by Crippen LogP contribution is -2.28. The van der Waals surface area contributed by atoms with E-state index in [0.717, 1.165) is 30.7 Å². The number of aromatic nitrogens is 2. The lowest BCUT2D eigenvalue weighted by molar-refractivity contribution is 0.102. The first-order valence-electron chi connectivity index (χ1n) is 10.6. The van der Waals surface area contributed by atoms with Gasteiger partial charge in [-0.15, -0.1) is 6.58 Å². The molecule has 0 spiro atoms. The van der Waals surface area contributed by atoms with Gasteiger partial charge in [-0.3, -0.25) is 10.1 Å². The van der Waals surface area contributed by atoms with Crippen molar-refractivity contribution in [3.05, 3.63) is 66.7 Å². The largest absolute Gasteiger partial charge is 0.309 e. The lowest BCUT2D eigenvalue weighted by atomic mass is 10.2. The van der Waals surface area contributed by atoms with Crippen molar-refractivity contribution in [1.82, 2.24) is 19.2 Å². The average Bonchev–Trinajstić information content (AvgIpc) is 3.15. The van der Waals surface area contributed by atoms with Crippen LogP contribution in [0.3, 0.4) is 0 Å². The van der Waals surface area contributed by atoms with E-state index in [2.05, 4.69) is 40.3 Å². The summed E-state index contributed by atoms with van der Waals surface area (Å²) in [7, 11) is -3.73. The Morgan fingerprint density at radius 1 is 1.16 bits per heavy atom. The molecule has 32 heavy (non-hydrogen) atoms. The van der Waals surface area contributed by atoms with E-state index in [1.807, 2.05) is 28.8 Å². The predicted octanol–water partition coefficient (Wildman–Crippen LogP) is 3.09. The Kier molecular flexibility index (Phi) is 7.79. The highest BCUT2D eigenvalue weighted by Crippen LogP contribution is 2.21. The van der Waals surface area contributed by atoms with Crippen LogP contribution in [0, 0.1) is 0 Å². The molecule has 0 bridgehead atoms. The molecule has 0 aliphatic heterocycles. The molecule has 0 saturated heterocycles. The van der Waals surface area contributed by atoms with Crippen molar-refractivity contribution in [2.75, 3.05) is 31.5 Å². The number of nitrogens with one attached hydrogen (secondary N) is 2. The lowest BCUT2D eigenvalue weighted by Gasteiger charge is -2.19. The summed E-state index contributed by atoms with van der Waals surface area (Å²) in [6, 6.07) is 13.6. The van der Waals surface area contributed by atoms with Crippen molar-refractivity contribution < 1.29 is 13.2 Å². The fourth-order valence-corrected chi connectivity index (χ4v) is 4.45. The Balaban J connectivity index is 1.88. The topological polar surface area (TPSA) is 96.3 Å². The van der Waals surface area contributed by atoms with Gasteiger partial charge in [0.15, 0.2) is 0 Å². The molecule has 0 aliphatic carbocycles. The van der Waals surface area contributed by atoms with Crippen LogP contribution < -0.4 is 10.0 Å². The molecule has 1 amide bonds. The molecular weight excluding hydrogens is 426 g/mol. The Labute approximate surface area is 189 Å². The van der Waals surface area contributed by atoms with Gasteiger partial charge in [0, 0.05) is 25.2 Å². The average molecular weight is 456 g/mol. The minimum atomic E-state index is -3.73. The summed E-state index contributed by atoms with van der Waals surface area (Å²) in [6.07, 6.45) is 1.46. The number of hydrogen-bond acceptors (Lipinski definition) is 5. The molecule has 170 valence electrons. The standard InChI is InChI=1S/C23H29N5O3S/c1-4-14-24-32(30,31)19-11-9-10-18(17-19)22(29)26-23-25-20-12-7-8-13-21(20)28(23)16-15-27(5-2)6-3/h4,7-13,17,24H,1,5-6,14-16H2,2-3H3,(H,25,26,29). The van der Waals surface area contributed by atoms with Gasteiger partial charge in [0.2, 0.25) is 16.0 Å². The summed E-state index contributed by atoms with van der Waals surface area (Å²) in [6.45, 7) is 11.2. The molecule has 2 N–H and O–H groups in total. The van der Waals surface area contributed by atoms with Crippen LogP contribution in [-0.2, 0) is 16.6 Å². The fourth-order valence-electron chi connectivity index (χ4n) is 3.41. The number of amides is 1. The zero-order valence-corrected chi connectivity index (χ0v) is 19.2. The maximum atomic E-state index is 13.0. The molecule has 0 radical (unpaired) electrons. The second-order valence-corrected chi connectivity index (χ2v) is 8.99. The first-order valence-corrected chi connectivity index (χ1v) is 12.1. The van der Waals surface area contributed by atoms with E-state index >= 15 is 0 Å². The van der Waals surface area contributed by atoms with Crippen molar-refractivity contribution in [3.63, 3.8) is 0 Å². The molecule has 0 atom stereocenters. The quantitative estimate of drug-likeness (QED) is 0.433. The van der Waals surface area contributed by atoms with Gasteiger partial charge in [-0.05, 0) is 43.4 Å². The molecule has 0 saturated carbocycles. The second kappa shape index (κ2) is 10.5. The Hall–Kier alpha value is -3.01. The van der Waals surface area contributed by atoms with Crippen LogP contribution in [0.1, 0.15) is 24.2 Å². The zero-order chi connectivity index (χ0) is 23.1. The van der Waals surface area contributed by atoms with Crippen LogP contribution >= 0.6 is 0 Å². The van der Waals surface area contributed by atoms with E-state index in [9.17, 15) is 13.2 Å². The first kappa shape index (κ1) is 23.6. The third-order valence-corrected chi connectivity index (χ3v) is 6.66. The maximum absolute atomic E-state index is 13.0. The fraction of sp³-hybridized carbons (Fsp3) is 0.304. The van der Waals surface area contributed by atoms with Crippen molar-refractivity contribution in [2.24, 2.45) is 0 Å². The number of rotatable bonds is 11. The highest BCUT2D eigenvalue weighted by Gasteiger charge is 2.18. The number of anilines is 1. The number of fused-ring (bicyclic) bond motifs is 1. The normalized spacial score (nSPS) is 11.7. The van der Waals surface area contributed by atoms with E-state index in [4.69, 9.17) is 0 Å². The van der Waals surface area contributed by atoms with Crippen LogP contribution in [0.2, 0.25) is 0 Å². The summed E-state index contributed by atoms with van der Waals surface area (Å²) in [5, 5.41) is 2.86. The van der Waals surface area contributed by atoms with Crippen molar-refractivity contribution in [1.29, 1.82) is 0 Å². The van der Waals surface area contributed by atoms with E-state index in [0.29, 0.717) is 12.5 Å². The molecule has 0 unspecified atom stereocenters. The van der Waals surface area contributed by atoms with Gasteiger partial charge in [0.05, 0.1) is 15.9 Å². The summed E-state index contributed by atoms with van der Waals surface area (Å²) < 4.78 is 29.2. The highest BCUT2D eigenvalue weighted by molar-refractivity contribution is 7.89. The second-order valence-electron chi connectivity index (χ2n) is 7.23. The number of sulfonamides is 1. The summed E-state index contributed by atoms with van der Waals surface area (Å²) in [5.74, 6) is 0.00608. The number of nitrogens with zero attached hydrogens (tertiary/aromatic N) is 3. The van der Waals surface area contributed by atoms with Crippen molar-refractivity contribution in [3.8, 4) is 0 Å². The minimum absolute atomic E-state index is 0.0158. The first-order chi connectivity index (χ1) is 15.4. The number of carbonyl (C=O) groups is 1. The van der Waals surface area contributed by atoms with Gasteiger partial charge >= 0.3 is 0 Å². The third kappa shape index (κ3) is 5.42. The summed E-state index contributed by atoms with van der Waals surface area (Å²) in [5.41, 5.74) is 1.95. The molecule has 1 aromatic heterocycles. The minimum Gasteiger partial charge on any atom is -0.309 e. The maximum Gasteiger partial charge on any atom is 0.258 e. The van der Waals surface area contributed by atoms with Crippen molar-refractivity contribution in [2.45, 2.75) is 25.3 Å². The van der Waals surface area contributed by atoms with Gasteiger partial charge in [0.25, 0.3) is 5.91 Å². The molecule has 9 heteroatoms. The zero-order valence-electron chi connectivity index (χ0n) is 18.4. The van der Waals surface area contributed by atoms with Gasteiger partial charge in [-0.2, -0.15) is 0 Å². The van der Waals surface area contributed by atoms with Crippen LogP contribution in [0.25, 0.3) is 11.0 Å². The molecule has 3 aromatic rings. The molecule has 2 aromatic carbocycles. The smallest absolute Gasteiger partial charge is 0.258 e. The van der Waals surface area contributed by atoms with E-state index in [1.54, 1.807) is 12.1 Å². The van der Waals surface area contributed by atoms with Crippen LogP contribution in [0.15, 0.2) is 66.1 Å². The van der Waals surface area contributed by atoms with E-state index < -0.39 is 15.9 Å². The molecular formula is C23H29N5O3S. The molecule has 1 heterocycles. The summed E-state index contributed by atoms with van der Waals surface area (Å²) >= 11 is 0. The van der Waals surface area contributed by atoms with Gasteiger partial charge < -0.3 is 9.47 Å².